The van der Waals surface area contributed by atoms with Crippen LogP contribution < -0.4 is 5.32 Å². The van der Waals surface area contributed by atoms with Gasteiger partial charge in [-0.25, -0.2) is 4.79 Å². The van der Waals surface area contributed by atoms with Crippen molar-refractivity contribution < 1.29 is 19.8 Å². The fourth-order valence-electron chi connectivity index (χ4n) is 2.89. The Bertz CT molecular complexity index is 575. The third-order valence-corrected chi connectivity index (χ3v) is 4.46. The number of carbonyl (C=O) groups is 2. The predicted molar refractivity (Wildman–Crippen MR) is 81.3 cm³/mol. The largest absolute Gasteiger partial charge is 0.507 e. The summed E-state index contributed by atoms with van der Waals surface area (Å²) in [5.74, 6) is -1.51. The lowest BCUT2D eigenvalue weighted by molar-refractivity contribution is -0.146. The first kappa shape index (κ1) is 15.8. The zero-order valence-electron chi connectivity index (χ0n) is 11.7. The van der Waals surface area contributed by atoms with Gasteiger partial charge in [0.15, 0.2) is 0 Å². The van der Waals surface area contributed by atoms with Gasteiger partial charge in [0.1, 0.15) is 11.3 Å². The molecular formula is C15H18BrNO4. The van der Waals surface area contributed by atoms with Gasteiger partial charge >= 0.3 is 5.97 Å². The maximum atomic E-state index is 12.3. The van der Waals surface area contributed by atoms with E-state index in [0.717, 1.165) is 12.8 Å². The van der Waals surface area contributed by atoms with Crippen LogP contribution in [0.15, 0.2) is 22.7 Å². The minimum Gasteiger partial charge on any atom is -0.507 e. The summed E-state index contributed by atoms with van der Waals surface area (Å²) in [6.07, 6.45) is 2.54. The van der Waals surface area contributed by atoms with E-state index in [-0.39, 0.29) is 17.2 Å². The standard InChI is InChI=1S/C15H18BrNO4/c1-9-3-2-6-15(8-9,14(20)21)17-13(19)11-7-10(16)4-5-12(11)18/h4-5,7,9,18H,2-3,6,8H2,1H3,(H,17,19)(H,20,21). The molecule has 1 amide bonds. The summed E-state index contributed by atoms with van der Waals surface area (Å²) in [5.41, 5.74) is -1.17. The lowest BCUT2D eigenvalue weighted by Crippen LogP contribution is -2.56. The fourth-order valence-corrected chi connectivity index (χ4v) is 3.25. The number of halogens is 1. The second-order valence-electron chi connectivity index (χ2n) is 5.70. The maximum absolute atomic E-state index is 12.3. The van der Waals surface area contributed by atoms with E-state index in [1.54, 1.807) is 6.07 Å². The van der Waals surface area contributed by atoms with Gasteiger partial charge in [0.05, 0.1) is 5.56 Å². The number of nitrogens with one attached hydrogen (secondary N) is 1. The number of amides is 1. The normalized spacial score (nSPS) is 25.3. The molecule has 2 atom stereocenters. The first-order valence-corrected chi connectivity index (χ1v) is 7.68. The molecule has 1 fully saturated rings. The van der Waals surface area contributed by atoms with Gasteiger partial charge in [0.25, 0.3) is 5.91 Å². The van der Waals surface area contributed by atoms with E-state index in [9.17, 15) is 19.8 Å². The minimum absolute atomic E-state index is 0.0724. The number of hydrogen-bond acceptors (Lipinski definition) is 3. The summed E-state index contributed by atoms with van der Waals surface area (Å²) >= 11 is 3.23. The predicted octanol–water partition coefficient (Wildman–Crippen LogP) is 2.92. The number of aliphatic carboxylic acids is 1. The first-order valence-electron chi connectivity index (χ1n) is 6.88. The Labute approximate surface area is 131 Å². The van der Waals surface area contributed by atoms with E-state index >= 15 is 0 Å². The Morgan fingerprint density at radius 3 is 2.76 bits per heavy atom. The van der Waals surface area contributed by atoms with E-state index in [4.69, 9.17) is 0 Å². The highest BCUT2D eigenvalue weighted by atomic mass is 79.9. The topological polar surface area (TPSA) is 86.6 Å². The van der Waals surface area contributed by atoms with Crippen LogP contribution in [0.4, 0.5) is 0 Å². The van der Waals surface area contributed by atoms with Crippen molar-refractivity contribution in [1.82, 2.24) is 5.32 Å². The SMILES string of the molecule is CC1CCCC(NC(=O)c2cc(Br)ccc2O)(C(=O)O)C1. The summed E-state index contributed by atoms with van der Waals surface area (Å²) in [6.45, 7) is 1.99. The smallest absolute Gasteiger partial charge is 0.329 e. The van der Waals surface area contributed by atoms with Gasteiger partial charge in [-0.15, -0.1) is 0 Å². The van der Waals surface area contributed by atoms with Crippen molar-refractivity contribution in [3.8, 4) is 5.75 Å². The molecule has 1 saturated carbocycles. The Morgan fingerprint density at radius 1 is 1.43 bits per heavy atom. The van der Waals surface area contributed by atoms with E-state index < -0.39 is 17.4 Å². The molecule has 1 aliphatic rings. The number of benzene rings is 1. The Hall–Kier alpha value is -1.56. The number of carbonyl (C=O) groups excluding carboxylic acids is 1. The van der Waals surface area contributed by atoms with Crippen LogP contribution in [0, 0.1) is 5.92 Å². The highest BCUT2D eigenvalue weighted by molar-refractivity contribution is 9.10. The summed E-state index contributed by atoms with van der Waals surface area (Å²) in [7, 11) is 0. The summed E-state index contributed by atoms with van der Waals surface area (Å²) in [4.78, 5) is 24.0. The van der Waals surface area contributed by atoms with Crippen molar-refractivity contribution in [3.63, 3.8) is 0 Å². The van der Waals surface area contributed by atoms with Crippen LogP contribution in [0.1, 0.15) is 43.0 Å². The molecule has 1 aliphatic carbocycles. The van der Waals surface area contributed by atoms with E-state index in [0.29, 0.717) is 17.3 Å². The summed E-state index contributed by atoms with van der Waals surface area (Å²) < 4.78 is 0.645. The molecule has 0 spiro atoms. The molecule has 0 heterocycles. The van der Waals surface area contributed by atoms with Gasteiger partial charge in [-0.1, -0.05) is 35.7 Å². The van der Waals surface area contributed by atoms with E-state index in [1.807, 2.05) is 6.92 Å². The van der Waals surface area contributed by atoms with Gasteiger partial charge in [-0.2, -0.15) is 0 Å². The summed E-state index contributed by atoms with van der Waals surface area (Å²) in [5, 5.41) is 21.9. The van der Waals surface area contributed by atoms with Crippen molar-refractivity contribution in [3.05, 3.63) is 28.2 Å². The van der Waals surface area contributed by atoms with Crippen molar-refractivity contribution >= 4 is 27.8 Å². The minimum atomic E-state index is -1.25. The van der Waals surface area contributed by atoms with Gasteiger partial charge in [0, 0.05) is 4.47 Å². The number of phenols is 1. The van der Waals surface area contributed by atoms with E-state index in [1.165, 1.54) is 12.1 Å². The average molecular weight is 356 g/mol. The highest BCUT2D eigenvalue weighted by Crippen LogP contribution is 2.33. The number of carboxylic acid groups (broad SMARTS) is 1. The van der Waals surface area contributed by atoms with Crippen LogP contribution in [0.5, 0.6) is 5.75 Å². The van der Waals surface area contributed by atoms with Crippen LogP contribution in [-0.4, -0.2) is 27.6 Å². The molecule has 3 N–H and O–H groups in total. The molecule has 2 unspecified atom stereocenters. The molecule has 21 heavy (non-hydrogen) atoms. The molecule has 2 rings (SSSR count). The average Bonchev–Trinajstić information content (AvgIpc) is 2.41. The number of phenolic OH excluding ortho intramolecular Hbond substituents is 1. The molecule has 6 heteroatoms. The third kappa shape index (κ3) is 3.37. The lowest BCUT2D eigenvalue weighted by Gasteiger charge is -2.37. The van der Waals surface area contributed by atoms with Crippen LogP contribution in [0.25, 0.3) is 0 Å². The quantitative estimate of drug-likeness (QED) is 0.777. The monoisotopic (exact) mass is 355 g/mol. The maximum Gasteiger partial charge on any atom is 0.329 e. The molecule has 1 aromatic rings. The number of carboxylic acids is 1. The lowest BCUT2D eigenvalue weighted by atomic mass is 9.76. The number of aromatic hydroxyl groups is 1. The molecule has 0 radical (unpaired) electrons. The zero-order valence-corrected chi connectivity index (χ0v) is 13.3. The van der Waals surface area contributed by atoms with Crippen molar-refractivity contribution in [2.75, 3.05) is 0 Å². The molecule has 0 bridgehead atoms. The third-order valence-electron chi connectivity index (χ3n) is 3.96. The van der Waals surface area contributed by atoms with E-state index in [2.05, 4.69) is 21.2 Å². The van der Waals surface area contributed by atoms with Crippen molar-refractivity contribution in [1.29, 1.82) is 0 Å². The molecular weight excluding hydrogens is 338 g/mol. The van der Waals surface area contributed by atoms with Crippen molar-refractivity contribution in [2.24, 2.45) is 5.92 Å². The summed E-state index contributed by atoms with van der Waals surface area (Å²) in [6, 6.07) is 4.49. The number of rotatable bonds is 3. The molecule has 5 nitrogen and oxygen atoms in total. The molecule has 0 aromatic heterocycles. The molecule has 0 aliphatic heterocycles. The van der Waals surface area contributed by atoms with Crippen LogP contribution in [0.3, 0.4) is 0 Å². The van der Waals surface area contributed by atoms with Crippen molar-refractivity contribution in [2.45, 2.75) is 38.1 Å². The molecule has 1 aromatic carbocycles. The van der Waals surface area contributed by atoms with Gasteiger partial charge in [0.2, 0.25) is 0 Å². The molecule has 0 saturated heterocycles. The van der Waals surface area contributed by atoms with Gasteiger partial charge in [-0.05, 0) is 37.0 Å². The molecule has 114 valence electrons. The van der Waals surface area contributed by atoms with Gasteiger partial charge < -0.3 is 15.5 Å². The second-order valence-corrected chi connectivity index (χ2v) is 6.62. The Morgan fingerprint density at radius 2 is 2.14 bits per heavy atom. The fraction of sp³-hybridized carbons (Fsp3) is 0.467. The van der Waals surface area contributed by atoms with Crippen LogP contribution >= 0.6 is 15.9 Å². The Kier molecular flexibility index (Phi) is 4.56. The number of hydrogen-bond donors (Lipinski definition) is 3. The van der Waals surface area contributed by atoms with Crippen LogP contribution in [-0.2, 0) is 4.79 Å². The van der Waals surface area contributed by atoms with Gasteiger partial charge in [-0.3, -0.25) is 4.79 Å². The first-order chi connectivity index (χ1) is 9.84. The zero-order chi connectivity index (χ0) is 15.6. The Balaban J connectivity index is 2.27. The second kappa shape index (κ2) is 6.05. The highest BCUT2D eigenvalue weighted by Gasteiger charge is 2.43. The van der Waals surface area contributed by atoms with Crippen LogP contribution in [0.2, 0.25) is 0 Å².